The van der Waals surface area contributed by atoms with Crippen LogP contribution >= 0.6 is 12.2 Å². The van der Waals surface area contributed by atoms with Crippen molar-refractivity contribution < 1.29 is 4.74 Å². The van der Waals surface area contributed by atoms with Crippen molar-refractivity contribution in [2.24, 2.45) is 0 Å². The molecule has 0 aliphatic carbocycles. The second-order valence-corrected chi connectivity index (χ2v) is 5.43. The summed E-state index contributed by atoms with van der Waals surface area (Å²) >= 11 is 5.37. The summed E-state index contributed by atoms with van der Waals surface area (Å²) in [5.41, 5.74) is 3.09. The zero-order valence-electron chi connectivity index (χ0n) is 12.4. The molecule has 0 saturated heterocycles. The molecule has 0 aliphatic heterocycles. The van der Waals surface area contributed by atoms with Gasteiger partial charge < -0.3 is 9.72 Å². The molecule has 4 heteroatoms. The third kappa shape index (κ3) is 3.07. The van der Waals surface area contributed by atoms with E-state index in [1.54, 1.807) is 0 Å². The number of rotatable bonds is 4. The predicted octanol–water partition coefficient (Wildman–Crippen LogP) is 4.64. The molecule has 1 N–H and O–H groups in total. The summed E-state index contributed by atoms with van der Waals surface area (Å²) in [7, 11) is 0. The lowest BCUT2D eigenvalue weighted by atomic mass is 10.1. The molecule has 2 rings (SSSR count). The van der Waals surface area contributed by atoms with E-state index in [1.807, 2.05) is 32.0 Å². The van der Waals surface area contributed by atoms with Crippen LogP contribution in [0.25, 0.3) is 11.3 Å². The average molecular weight is 288 g/mol. The first-order valence-electron chi connectivity index (χ1n) is 6.87. The summed E-state index contributed by atoms with van der Waals surface area (Å²) in [6.07, 6.45) is 0. The number of hydrogen-bond acceptors (Lipinski definition) is 3. The molecule has 0 spiro atoms. The van der Waals surface area contributed by atoms with Gasteiger partial charge in [0.2, 0.25) is 0 Å². The Balaban J connectivity index is 2.56. The average Bonchev–Trinajstić information content (AvgIpc) is 2.42. The summed E-state index contributed by atoms with van der Waals surface area (Å²) in [5, 5.41) is 0. The highest BCUT2D eigenvalue weighted by Gasteiger charge is 2.10. The fourth-order valence-electron chi connectivity index (χ4n) is 2.02. The maximum atomic E-state index is 5.56. The Kier molecular flexibility index (Phi) is 4.55. The first-order valence-corrected chi connectivity index (χ1v) is 7.27. The lowest BCUT2D eigenvalue weighted by Crippen LogP contribution is -2.02. The van der Waals surface area contributed by atoms with Crippen molar-refractivity contribution in [1.82, 2.24) is 9.97 Å². The first kappa shape index (κ1) is 14.7. The second kappa shape index (κ2) is 6.18. The van der Waals surface area contributed by atoms with Gasteiger partial charge in [-0.25, -0.2) is 4.98 Å². The van der Waals surface area contributed by atoms with Crippen LogP contribution in [0.5, 0.6) is 5.75 Å². The molecule has 0 radical (unpaired) electrons. The fourth-order valence-corrected chi connectivity index (χ4v) is 2.22. The van der Waals surface area contributed by atoms with Crippen LogP contribution in [-0.2, 0) is 0 Å². The lowest BCUT2D eigenvalue weighted by Gasteiger charge is -2.12. The van der Waals surface area contributed by atoms with Crippen LogP contribution in [0.4, 0.5) is 0 Å². The molecule has 0 saturated carbocycles. The molecule has 1 aromatic heterocycles. The Bertz CT molecular complexity index is 662. The Morgan fingerprint density at radius 1 is 1.35 bits per heavy atom. The van der Waals surface area contributed by atoms with Crippen molar-refractivity contribution in [2.45, 2.75) is 33.6 Å². The van der Waals surface area contributed by atoms with E-state index in [2.05, 4.69) is 29.9 Å². The van der Waals surface area contributed by atoms with E-state index in [4.69, 9.17) is 17.0 Å². The monoisotopic (exact) mass is 288 g/mol. The van der Waals surface area contributed by atoms with Crippen LogP contribution in [-0.4, -0.2) is 16.6 Å². The van der Waals surface area contributed by atoms with Gasteiger partial charge in [-0.15, -0.1) is 0 Å². The maximum absolute atomic E-state index is 5.56. The Morgan fingerprint density at radius 3 is 2.75 bits per heavy atom. The number of aromatic nitrogens is 2. The molecule has 1 heterocycles. The van der Waals surface area contributed by atoms with E-state index < -0.39 is 0 Å². The van der Waals surface area contributed by atoms with Gasteiger partial charge in [0.15, 0.2) is 0 Å². The van der Waals surface area contributed by atoms with E-state index in [0.29, 0.717) is 17.2 Å². The minimum atomic E-state index is 0.311. The molecule has 3 nitrogen and oxygen atoms in total. The molecule has 2 aromatic rings. The van der Waals surface area contributed by atoms with Crippen molar-refractivity contribution >= 4 is 12.2 Å². The van der Waals surface area contributed by atoms with E-state index in [0.717, 1.165) is 28.4 Å². The molecule has 0 unspecified atom stereocenters. The van der Waals surface area contributed by atoms with E-state index in [-0.39, 0.29) is 0 Å². The number of nitrogens with one attached hydrogen (secondary N) is 1. The van der Waals surface area contributed by atoms with E-state index >= 15 is 0 Å². The molecule has 0 aliphatic rings. The standard InChI is InChI=1S/C16H20N2OS/c1-5-19-13-8-6-7-12(9-13)14-11(4)16(20)18-15(17-14)10(2)3/h6-10H,5H2,1-4H3,(H,17,18,20). The maximum Gasteiger partial charge on any atom is 0.133 e. The first-order chi connectivity index (χ1) is 9.52. The van der Waals surface area contributed by atoms with Crippen molar-refractivity contribution in [2.75, 3.05) is 6.61 Å². The number of hydrogen-bond donors (Lipinski definition) is 1. The van der Waals surface area contributed by atoms with Crippen LogP contribution in [0, 0.1) is 11.6 Å². The summed E-state index contributed by atoms with van der Waals surface area (Å²) in [6, 6.07) is 8.04. The Hall–Kier alpha value is -1.68. The lowest BCUT2D eigenvalue weighted by molar-refractivity contribution is 0.340. The molecule has 0 fully saturated rings. The third-order valence-corrected chi connectivity index (χ3v) is 3.55. The SMILES string of the molecule is CCOc1cccc(-c2[nH]c(C(C)C)nc(=S)c2C)c1. The molecular formula is C16H20N2OS. The van der Waals surface area contributed by atoms with Crippen LogP contribution in [0.1, 0.15) is 38.1 Å². The van der Waals surface area contributed by atoms with Gasteiger partial charge in [-0.05, 0) is 26.0 Å². The summed E-state index contributed by atoms with van der Waals surface area (Å²) in [4.78, 5) is 7.85. The van der Waals surface area contributed by atoms with Crippen molar-refractivity contribution in [3.63, 3.8) is 0 Å². The van der Waals surface area contributed by atoms with Gasteiger partial charge >= 0.3 is 0 Å². The molecule has 20 heavy (non-hydrogen) atoms. The number of ether oxygens (including phenoxy) is 1. The minimum absolute atomic E-state index is 0.311. The highest BCUT2D eigenvalue weighted by molar-refractivity contribution is 7.71. The van der Waals surface area contributed by atoms with Crippen LogP contribution in [0.15, 0.2) is 24.3 Å². The normalized spacial score (nSPS) is 10.8. The molecule has 0 amide bonds. The van der Waals surface area contributed by atoms with Gasteiger partial charge in [0.05, 0.1) is 12.3 Å². The summed E-state index contributed by atoms with van der Waals surface area (Å²) in [5.74, 6) is 2.09. The van der Waals surface area contributed by atoms with Crippen LogP contribution in [0.3, 0.4) is 0 Å². The topological polar surface area (TPSA) is 37.9 Å². The van der Waals surface area contributed by atoms with Crippen molar-refractivity contribution in [3.05, 3.63) is 40.3 Å². The second-order valence-electron chi connectivity index (χ2n) is 5.04. The number of nitrogens with zero attached hydrogens (tertiary/aromatic N) is 1. The van der Waals surface area contributed by atoms with E-state index in [9.17, 15) is 0 Å². The molecule has 1 aromatic carbocycles. The molecule has 0 bridgehead atoms. The quantitative estimate of drug-likeness (QED) is 0.833. The minimum Gasteiger partial charge on any atom is -0.494 e. The van der Waals surface area contributed by atoms with Gasteiger partial charge in [-0.3, -0.25) is 0 Å². The van der Waals surface area contributed by atoms with Crippen molar-refractivity contribution in [1.29, 1.82) is 0 Å². The predicted molar refractivity (Wildman–Crippen MR) is 84.9 cm³/mol. The van der Waals surface area contributed by atoms with Gasteiger partial charge in [0.25, 0.3) is 0 Å². The Labute approximate surface area is 125 Å². The largest absolute Gasteiger partial charge is 0.494 e. The number of H-pyrrole nitrogens is 1. The van der Waals surface area contributed by atoms with Gasteiger partial charge in [0, 0.05) is 17.0 Å². The van der Waals surface area contributed by atoms with Gasteiger partial charge in [-0.1, -0.05) is 38.2 Å². The summed E-state index contributed by atoms with van der Waals surface area (Å²) in [6.45, 7) is 8.84. The summed E-state index contributed by atoms with van der Waals surface area (Å²) < 4.78 is 6.22. The van der Waals surface area contributed by atoms with Crippen LogP contribution in [0.2, 0.25) is 0 Å². The molecule has 106 valence electrons. The third-order valence-electron chi connectivity index (χ3n) is 3.15. The fraction of sp³-hybridized carbons (Fsp3) is 0.375. The van der Waals surface area contributed by atoms with E-state index in [1.165, 1.54) is 0 Å². The van der Waals surface area contributed by atoms with Gasteiger partial charge in [0.1, 0.15) is 16.2 Å². The zero-order valence-corrected chi connectivity index (χ0v) is 13.2. The van der Waals surface area contributed by atoms with Crippen LogP contribution < -0.4 is 4.74 Å². The highest BCUT2D eigenvalue weighted by atomic mass is 32.1. The van der Waals surface area contributed by atoms with Gasteiger partial charge in [-0.2, -0.15) is 0 Å². The van der Waals surface area contributed by atoms with Crippen molar-refractivity contribution in [3.8, 4) is 17.0 Å². The number of benzene rings is 1. The molecular weight excluding hydrogens is 268 g/mol. The molecule has 0 atom stereocenters. The number of aromatic amines is 1. The smallest absolute Gasteiger partial charge is 0.133 e. The Morgan fingerprint density at radius 2 is 2.10 bits per heavy atom. The highest BCUT2D eigenvalue weighted by Crippen LogP contribution is 2.26. The zero-order chi connectivity index (χ0) is 14.7.